The van der Waals surface area contributed by atoms with Gasteiger partial charge >= 0.3 is 0 Å². The number of sulfonamides is 1. The standard InChI is InChI=1S/C27H32F2N2O4S/c1-35-17-27(20-4-6-21(28)7-5-20)10-12-31(13-11-27)16-19-14-25(29)24(15-23(19)18-2-3-18)26(32)30-36(33,34)22-8-9-22/h4-7,14-15,18,22H,2-3,8-13,16-17H2,1H3,(H,30,32). The minimum absolute atomic E-state index is 0.196. The number of nitrogens with one attached hydrogen (secondary N) is 1. The summed E-state index contributed by atoms with van der Waals surface area (Å²) in [7, 11) is -2.07. The molecule has 0 radical (unpaired) electrons. The number of hydrogen-bond acceptors (Lipinski definition) is 5. The fraction of sp³-hybridized carbons (Fsp3) is 0.519. The van der Waals surface area contributed by atoms with Crippen LogP contribution in [-0.4, -0.2) is 51.3 Å². The van der Waals surface area contributed by atoms with Gasteiger partial charge in [0.1, 0.15) is 11.6 Å². The number of ether oxygens (including phenoxy) is 1. The van der Waals surface area contributed by atoms with Crippen molar-refractivity contribution in [3.05, 3.63) is 70.3 Å². The molecule has 0 spiro atoms. The Bertz CT molecular complexity index is 1230. The molecule has 1 amide bonds. The minimum Gasteiger partial charge on any atom is -0.384 e. The monoisotopic (exact) mass is 518 g/mol. The van der Waals surface area contributed by atoms with Crippen molar-refractivity contribution in [2.45, 2.75) is 61.7 Å². The molecule has 36 heavy (non-hydrogen) atoms. The van der Waals surface area contributed by atoms with Crippen LogP contribution in [0.25, 0.3) is 0 Å². The summed E-state index contributed by atoms with van der Waals surface area (Å²) in [5.41, 5.74) is 2.43. The molecule has 3 fully saturated rings. The van der Waals surface area contributed by atoms with E-state index < -0.39 is 27.0 Å². The van der Waals surface area contributed by atoms with Gasteiger partial charge in [-0.15, -0.1) is 0 Å². The number of carbonyl (C=O) groups excluding carboxylic acids is 1. The smallest absolute Gasteiger partial charge is 0.267 e. The zero-order valence-corrected chi connectivity index (χ0v) is 21.3. The highest BCUT2D eigenvalue weighted by Gasteiger charge is 2.39. The first-order chi connectivity index (χ1) is 17.2. The Morgan fingerprint density at radius 2 is 1.75 bits per heavy atom. The van der Waals surface area contributed by atoms with Crippen molar-refractivity contribution < 1.29 is 26.7 Å². The maximum Gasteiger partial charge on any atom is 0.267 e. The van der Waals surface area contributed by atoms with Crippen LogP contribution in [0.1, 0.15) is 71.5 Å². The summed E-state index contributed by atoms with van der Waals surface area (Å²) in [6.45, 7) is 2.64. The van der Waals surface area contributed by atoms with Crippen LogP contribution in [0.2, 0.25) is 0 Å². The number of benzene rings is 2. The number of piperidine rings is 1. The molecule has 5 rings (SSSR count). The zero-order chi connectivity index (χ0) is 25.5. The van der Waals surface area contributed by atoms with Crippen molar-refractivity contribution in [1.29, 1.82) is 0 Å². The van der Waals surface area contributed by atoms with Crippen LogP contribution < -0.4 is 4.72 Å². The van der Waals surface area contributed by atoms with Gasteiger partial charge in [0.15, 0.2) is 0 Å². The molecule has 6 nitrogen and oxygen atoms in total. The summed E-state index contributed by atoms with van der Waals surface area (Å²) in [6, 6.07) is 9.59. The van der Waals surface area contributed by atoms with Crippen molar-refractivity contribution >= 4 is 15.9 Å². The molecular formula is C27H32F2N2O4S. The topological polar surface area (TPSA) is 75.7 Å². The Hall–Kier alpha value is -2.36. The Morgan fingerprint density at radius 1 is 1.08 bits per heavy atom. The lowest BCUT2D eigenvalue weighted by Gasteiger charge is -2.42. The van der Waals surface area contributed by atoms with Gasteiger partial charge in [-0.1, -0.05) is 12.1 Å². The first-order valence-corrected chi connectivity index (χ1v) is 14.1. The molecule has 9 heteroatoms. The normalized spacial score (nSPS) is 20.3. The third kappa shape index (κ3) is 5.33. The van der Waals surface area contributed by atoms with Crippen molar-refractivity contribution in [2.24, 2.45) is 0 Å². The van der Waals surface area contributed by atoms with Gasteiger partial charge in [0.25, 0.3) is 5.91 Å². The van der Waals surface area contributed by atoms with Crippen LogP contribution in [0.4, 0.5) is 8.78 Å². The van der Waals surface area contributed by atoms with Crippen LogP contribution in [0.3, 0.4) is 0 Å². The molecule has 1 aliphatic heterocycles. The largest absolute Gasteiger partial charge is 0.384 e. The van der Waals surface area contributed by atoms with E-state index in [2.05, 4.69) is 9.62 Å². The number of methoxy groups -OCH3 is 1. The molecule has 0 atom stereocenters. The molecule has 0 bridgehead atoms. The molecule has 1 saturated heterocycles. The van der Waals surface area contributed by atoms with Gasteiger partial charge < -0.3 is 4.74 Å². The highest BCUT2D eigenvalue weighted by molar-refractivity contribution is 7.91. The predicted molar refractivity (Wildman–Crippen MR) is 132 cm³/mol. The Labute approximate surface area is 211 Å². The number of nitrogens with zero attached hydrogens (tertiary/aromatic N) is 1. The number of hydrogen-bond donors (Lipinski definition) is 1. The lowest BCUT2D eigenvalue weighted by molar-refractivity contribution is 0.0700. The first-order valence-electron chi connectivity index (χ1n) is 12.6. The SMILES string of the molecule is COCC1(c2ccc(F)cc2)CCN(Cc2cc(F)c(C(=O)NS(=O)(=O)C3CC3)cc2C2CC2)CC1. The van der Waals surface area contributed by atoms with Crippen LogP contribution in [0.15, 0.2) is 36.4 Å². The quantitative estimate of drug-likeness (QED) is 0.537. The highest BCUT2D eigenvalue weighted by atomic mass is 32.2. The van der Waals surface area contributed by atoms with E-state index >= 15 is 4.39 Å². The van der Waals surface area contributed by atoms with Crippen molar-refractivity contribution in [3.63, 3.8) is 0 Å². The fourth-order valence-electron chi connectivity index (χ4n) is 5.34. The summed E-state index contributed by atoms with van der Waals surface area (Å²) in [5.74, 6) is -1.59. The lowest BCUT2D eigenvalue weighted by Crippen LogP contribution is -2.45. The molecule has 2 aromatic rings. The van der Waals surface area contributed by atoms with Crippen LogP contribution in [0, 0.1) is 11.6 Å². The van der Waals surface area contributed by atoms with E-state index in [1.807, 2.05) is 12.1 Å². The molecule has 2 saturated carbocycles. The molecule has 194 valence electrons. The van der Waals surface area contributed by atoms with Crippen LogP contribution in [-0.2, 0) is 26.7 Å². The van der Waals surface area contributed by atoms with E-state index in [0.717, 1.165) is 55.5 Å². The maximum atomic E-state index is 15.1. The Balaban J connectivity index is 1.31. The number of rotatable bonds is 9. The third-order valence-corrected chi connectivity index (χ3v) is 9.59. The van der Waals surface area contributed by atoms with Crippen molar-refractivity contribution in [1.82, 2.24) is 9.62 Å². The number of carbonyl (C=O) groups is 1. The number of likely N-dealkylation sites (tertiary alicyclic amines) is 1. The molecule has 3 aliphatic rings. The predicted octanol–water partition coefficient (Wildman–Crippen LogP) is 4.24. The molecule has 1 N–H and O–H groups in total. The molecule has 1 heterocycles. The second-order valence-electron chi connectivity index (χ2n) is 10.5. The van der Waals surface area contributed by atoms with Gasteiger partial charge in [-0.2, -0.15) is 0 Å². The van der Waals surface area contributed by atoms with E-state index in [0.29, 0.717) is 26.0 Å². The first kappa shape index (κ1) is 25.3. The van der Waals surface area contributed by atoms with Gasteiger partial charge in [0.05, 0.1) is 17.4 Å². The average molecular weight is 519 g/mol. The molecule has 2 aromatic carbocycles. The molecule has 0 unspecified atom stereocenters. The van der Waals surface area contributed by atoms with E-state index in [-0.39, 0.29) is 22.7 Å². The van der Waals surface area contributed by atoms with E-state index in [4.69, 9.17) is 4.74 Å². The number of amides is 1. The van der Waals surface area contributed by atoms with Crippen molar-refractivity contribution in [3.8, 4) is 0 Å². The van der Waals surface area contributed by atoms with Gasteiger partial charge in [0, 0.05) is 19.1 Å². The van der Waals surface area contributed by atoms with Gasteiger partial charge in [0.2, 0.25) is 10.0 Å². The Morgan fingerprint density at radius 3 is 2.33 bits per heavy atom. The Kier molecular flexibility index (Phi) is 6.91. The zero-order valence-electron chi connectivity index (χ0n) is 20.4. The van der Waals surface area contributed by atoms with Gasteiger partial charge in [-0.3, -0.25) is 9.69 Å². The van der Waals surface area contributed by atoms with Gasteiger partial charge in [-0.05, 0) is 98.5 Å². The van der Waals surface area contributed by atoms with Crippen LogP contribution >= 0.6 is 0 Å². The van der Waals surface area contributed by atoms with E-state index in [9.17, 15) is 17.6 Å². The second kappa shape index (κ2) is 9.84. The summed E-state index contributed by atoms with van der Waals surface area (Å²) in [6.07, 6.45) is 4.66. The second-order valence-corrected chi connectivity index (χ2v) is 12.4. The summed E-state index contributed by atoms with van der Waals surface area (Å²) in [4.78, 5) is 14.9. The van der Waals surface area contributed by atoms with Gasteiger partial charge in [-0.25, -0.2) is 21.9 Å². The lowest BCUT2D eigenvalue weighted by atomic mass is 9.73. The van der Waals surface area contributed by atoms with E-state index in [1.54, 1.807) is 13.2 Å². The van der Waals surface area contributed by atoms with E-state index in [1.165, 1.54) is 18.2 Å². The molecule has 0 aromatic heterocycles. The number of halogens is 2. The molecule has 2 aliphatic carbocycles. The summed E-state index contributed by atoms with van der Waals surface area (Å²) < 4.78 is 60.5. The average Bonchev–Trinajstić information content (AvgIpc) is 3.74. The van der Waals surface area contributed by atoms with Crippen molar-refractivity contribution in [2.75, 3.05) is 26.8 Å². The fourth-order valence-corrected chi connectivity index (χ4v) is 6.63. The summed E-state index contributed by atoms with van der Waals surface area (Å²) >= 11 is 0. The summed E-state index contributed by atoms with van der Waals surface area (Å²) in [5, 5.41) is -0.550. The van der Waals surface area contributed by atoms with Crippen LogP contribution in [0.5, 0.6) is 0 Å². The third-order valence-electron chi connectivity index (χ3n) is 7.77. The highest BCUT2D eigenvalue weighted by Crippen LogP contribution is 2.43. The maximum absolute atomic E-state index is 15.1. The molecular weight excluding hydrogens is 486 g/mol. The minimum atomic E-state index is -3.75.